The lowest BCUT2D eigenvalue weighted by molar-refractivity contribution is -0.121. The minimum absolute atomic E-state index is 0.0101. The van der Waals surface area contributed by atoms with Gasteiger partial charge >= 0.3 is 0 Å². The molecule has 0 saturated heterocycles. The maximum absolute atomic E-state index is 11.6. The van der Waals surface area contributed by atoms with E-state index in [4.69, 9.17) is 0 Å². The van der Waals surface area contributed by atoms with Crippen molar-refractivity contribution in [1.29, 1.82) is 0 Å². The highest BCUT2D eigenvalue weighted by atomic mass is 79.9. The Labute approximate surface area is 105 Å². The van der Waals surface area contributed by atoms with Crippen LogP contribution in [0, 0.1) is 6.92 Å². The van der Waals surface area contributed by atoms with Crippen LogP contribution in [0.5, 0.6) is 0 Å². The number of rotatable bonds is 4. The van der Waals surface area contributed by atoms with E-state index in [1.54, 1.807) is 0 Å². The summed E-state index contributed by atoms with van der Waals surface area (Å²) in [6.07, 6.45) is 0. The van der Waals surface area contributed by atoms with E-state index in [0.29, 0.717) is 6.54 Å². The maximum atomic E-state index is 11.6. The molecule has 4 heteroatoms. The predicted octanol–water partition coefficient (Wildman–Crippen LogP) is 2.69. The Hall–Kier alpha value is -1.03. The molecule has 0 aliphatic carbocycles. The van der Waals surface area contributed by atoms with Gasteiger partial charge in [-0.2, -0.15) is 0 Å². The van der Waals surface area contributed by atoms with Crippen LogP contribution < -0.4 is 10.6 Å². The molecule has 1 amide bonds. The Bertz CT molecular complexity index is 379. The van der Waals surface area contributed by atoms with E-state index >= 15 is 0 Å². The SMILES string of the molecule is CCNC(=O)C(C)Nc1cccc(C)c1Br. The third-order valence-electron chi connectivity index (χ3n) is 2.31. The standard InChI is InChI=1S/C12H17BrN2O/c1-4-14-12(16)9(3)15-10-7-5-6-8(2)11(10)13/h5-7,9,15H,4H2,1-3H3,(H,14,16). The molecule has 0 aliphatic heterocycles. The average Bonchev–Trinajstić information content (AvgIpc) is 2.25. The monoisotopic (exact) mass is 284 g/mol. The van der Waals surface area contributed by atoms with Crippen molar-refractivity contribution < 1.29 is 4.79 Å². The van der Waals surface area contributed by atoms with E-state index in [1.165, 1.54) is 0 Å². The van der Waals surface area contributed by atoms with Gasteiger partial charge in [0.2, 0.25) is 5.91 Å². The van der Waals surface area contributed by atoms with Crippen molar-refractivity contribution in [3.05, 3.63) is 28.2 Å². The highest BCUT2D eigenvalue weighted by molar-refractivity contribution is 9.10. The number of hydrogen-bond acceptors (Lipinski definition) is 2. The van der Waals surface area contributed by atoms with Gasteiger partial charge in [-0.25, -0.2) is 0 Å². The minimum Gasteiger partial charge on any atom is -0.373 e. The summed E-state index contributed by atoms with van der Waals surface area (Å²) in [4.78, 5) is 11.6. The second kappa shape index (κ2) is 5.89. The van der Waals surface area contributed by atoms with Crippen LogP contribution in [0.4, 0.5) is 5.69 Å². The quantitative estimate of drug-likeness (QED) is 0.893. The lowest BCUT2D eigenvalue weighted by atomic mass is 10.2. The Balaban J connectivity index is 2.73. The van der Waals surface area contributed by atoms with Gasteiger partial charge in [-0.1, -0.05) is 12.1 Å². The van der Waals surface area contributed by atoms with Crippen molar-refractivity contribution in [2.45, 2.75) is 26.8 Å². The topological polar surface area (TPSA) is 41.1 Å². The minimum atomic E-state index is -0.238. The van der Waals surface area contributed by atoms with Crippen LogP contribution in [0.3, 0.4) is 0 Å². The molecule has 0 aromatic heterocycles. The van der Waals surface area contributed by atoms with Crippen molar-refractivity contribution in [2.24, 2.45) is 0 Å². The Morgan fingerprint density at radius 3 is 2.81 bits per heavy atom. The molecule has 16 heavy (non-hydrogen) atoms. The number of carbonyl (C=O) groups excluding carboxylic acids is 1. The molecule has 0 aliphatic rings. The normalized spacial score (nSPS) is 12.0. The van der Waals surface area contributed by atoms with Gasteiger partial charge in [-0.05, 0) is 48.3 Å². The van der Waals surface area contributed by atoms with E-state index < -0.39 is 0 Å². The summed E-state index contributed by atoms with van der Waals surface area (Å²) in [5.74, 6) is 0.0101. The van der Waals surface area contributed by atoms with Crippen LogP contribution in [-0.2, 0) is 4.79 Å². The van der Waals surface area contributed by atoms with Crippen molar-refractivity contribution >= 4 is 27.5 Å². The molecule has 0 spiro atoms. The van der Waals surface area contributed by atoms with Crippen LogP contribution in [0.2, 0.25) is 0 Å². The molecular formula is C12H17BrN2O. The molecule has 0 fully saturated rings. The van der Waals surface area contributed by atoms with E-state index in [1.807, 2.05) is 39.0 Å². The number of halogens is 1. The lowest BCUT2D eigenvalue weighted by Gasteiger charge is -2.16. The fourth-order valence-electron chi connectivity index (χ4n) is 1.39. The number of benzene rings is 1. The maximum Gasteiger partial charge on any atom is 0.242 e. The van der Waals surface area contributed by atoms with Crippen molar-refractivity contribution in [2.75, 3.05) is 11.9 Å². The molecule has 1 aromatic rings. The largest absolute Gasteiger partial charge is 0.373 e. The van der Waals surface area contributed by atoms with Gasteiger partial charge in [0.15, 0.2) is 0 Å². The number of amides is 1. The summed E-state index contributed by atoms with van der Waals surface area (Å²) in [5.41, 5.74) is 2.09. The molecule has 1 rings (SSSR count). The van der Waals surface area contributed by atoms with Crippen LogP contribution >= 0.6 is 15.9 Å². The van der Waals surface area contributed by atoms with Crippen molar-refractivity contribution in [1.82, 2.24) is 5.32 Å². The van der Waals surface area contributed by atoms with Gasteiger partial charge in [-0.15, -0.1) is 0 Å². The van der Waals surface area contributed by atoms with Crippen molar-refractivity contribution in [3.63, 3.8) is 0 Å². The van der Waals surface area contributed by atoms with E-state index in [2.05, 4.69) is 26.6 Å². The number of likely N-dealkylation sites (N-methyl/N-ethyl adjacent to an activating group) is 1. The Morgan fingerprint density at radius 1 is 1.50 bits per heavy atom. The average molecular weight is 285 g/mol. The first-order valence-electron chi connectivity index (χ1n) is 5.35. The molecule has 88 valence electrons. The van der Waals surface area contributed by atoms with E-state index in [-0.39, 0.29) is 11.9 Å². The lowest BCUT2D eigenvalue weighted by Crippen LogP contribution is -2.37. The number of hydrogen-bond donors (Lipinski definition) is 2. The molecule has 2 N–H and O–H groups in total. The zero-order chi connectivity index (χ0) is 12.1. The van der Waals surface area contributed by atoms with Crippen LogP contribution in [-0.4, -0.2) is 18.5 Å². The number of carbonyl (C=O) groups is 1. The summed E-state index contributed by atoms with van der Waals surface area (Å²) in [6, 6.07) is 5.70. The van der Waals surface area contributed by atoms with Crippen LogP contribution in [0.15, 0.2) is 22.7 Å². The van der Waals surface area contributed by atoms with Gasteiger partial charge in [0.25, 0.3) is 0 Å². The van der Waals surface area contributed by atoms with Crippen molar-refractivity contribution in [3.8, 4) is 0 Å². The molecule has 1 atom stereocenters. The molecule has 0 saturated carbocycles. The summed E-state index contributed by atoms with van der Waals surface area (Å²) >= 11 is 3.50. The Kier molecular flexibility index (Phi) is 4.80. The van der Waals surface area contributed by atoms with E-state index in [0.717, 1.165) is 15.7 Å². The van der Waals surface area contributed by atoms with Crippen LogP contribution in [0.25, 0.3) is 0 Å². The zero-order valence-electron chi connectivity index (χ0n) is 9.80. The van der Waals surface area contributed by atoms with Gasteiger partial charge in [0.05, 0.1) is 0 Å². The molecular weight excluding hydrogens is 268 g/mol. The predicted molar refractivity (Wildman–Crippen MR) is 70.6 cm³/mol. The molecule has 1 aromatic carbocycles. The number of aryl methyl sites for hydroxylation is 1. The van der Waals surface area contributed by atoms with Gasteiger partial charge in [0.1, 0.15) is 6.04 Å². The fraction of sp³-hybridized carbons (Fsp3) is 0.417. The number of anilines is 1. The zero-order valence-corrected chi connectivity index (χ0v) is 11.4. The fourth-order valence-corrected chi connectivity index (χ4v) is 1.76. The summed E-state index contributed by atoms with van der Waals surface area (Å²) < 4.78 is 1.01. The second-order valence-corrected chi connectivity index (χ2v) is 4.49. The van der Waals surface area contributed by atoms with Gasteiger partial charge in [-0.3, -0.25) is 4.79 Å². The highest BCUT2D eigenvalue weighted by Gasteiger charge is 2.12. The molecule has 1 unspecified atom stereocenters. The summed E-state index contributed by atoms with van der Waals surface area (Å²) in [5, 5.41) is 5.96. The van der Waals surface area contributed by atoms with Gasteiger partial charge in [0, 0.05) is 16.7 Å². The first-order valence-corrected chi connectivity index (χ1v) is 6.15. The smallest absolute Gasteiger partial charge is 0.242 e. The molecule has 0 radical (unpaired) electrons. The first-order chi connectivity index (χ1) is 7.56. The molecule has 0 bridgehead atoms. The third kappa shape index (κ3) is 3.23. The number of nitrogens with one attached hydrogen (secondary N) is 2. The molecule has 0 heterocycles. The third-order valence-corrected chi connectivity index (χ3v) is 3.36. The molecule has 3 nitrogen and oxygen atoms in total. The van der Waals surface area contributed by atoms with E-state index in [9.17, 15) is 4.79 Å². The second-order valence-electron chi connectivity index (χ2n) is 3.70. The summed E-state index contributed by atoms with van der Waals surface area (Å²) in [6.45, 7) is 6.43. The highest BCUT2D eigenvalue weighted by Crippen LogP contribution is 2.26. The van der Waals surface area contributed by atoms with Crippen LogP contribution in [0.1, 0.15) is 19.4 Å². The Morgan fingerprint density at radius 2 is 2.19 bits per heavy atom. The summed E-state index contributed by atoms with van der Waals surface area (Å²) in [7, 11) is 0. The first kappa shape index (κ1) is 13.0. The van der Waals surface area contributed by atoms with Gasteiger partial charge < -0.3 is 10.6 Å².